The molecule has 6 heteroatoms. The molecule has 0 radical (unpaired) electrons. The molecule has 0 saturated carbocycles. The Morgan fingerprint density at radius 1 is 1.14 bits per heavy atom. The molecule has 0 spiro atoms. The molecule has 1 heterocycles. The summed E-state index contributed by atoms with van der Waals surface area (Å²) in [4.78, 5) is 24.0. The normalized spacial score (nSPS) is 11.2. The first-order chi connectivity index (χ1) is 14.0. The Bertz CT molecular complexity index is 1050. The number of furan rings is 1. The fourth-order valence-corrected chi connectivity index (χ4v) is 2.93. The minimum absolute atomic E-state index is 0.263. The van der Waals surface area contributed by atoms with E-state index in [9.17, 15) is 9.59 Å². The van der Waals surface area contributed by atoms with Gasteiger partial charge in [0, 0.05) is 17.1 Å². The number of carbonyl (C=O) groups is 2. The van der Waals surface area contributed by atoms with Gasteiger partial charge in [0.2, 0.25) is 0 Å². The Labute approximate surface area is 169 Å². The first-order valence-electron chi connectivity index (χ1n) is 9.28. The molecular weight excluding hydrogens is 370 g/mol. The van der Waals surface area contributed by atoms with Crippen molar-refractivity contribution in [2.75, 3.05) is 19.0 Å². The fraction of sp³-hybridized carbons (Fsp3) is 0.217. The topological polar surface area (TPSA) is 77.8 Å². The third-order valence-corrected chi connectivity index (χ3v) is 4.33. The monoisotopic (exact) mass is 393 g/mol. The highest BCUT2D eigenvalue weighted by molar-refractivity contribution is 5.95. The zero-order valence-electron chi connectivity index (χ0n) is 16.6. The standard InChI is InChI=1S/C23H23NO5/c1-15(2)18-8-4-5-9-19(18)24-21(25)14-28-22(26)12-11-17-13-16-7-6-10-20(27-3)23(16)29-17/h4-13,15H,14H2,1-3H3,(H,24,25)/b12-11+. The number of methoxy groups -OCH3 is 1. The van der Waals surface area contributed by atoms with Crippen molar-refractivity contribution in [3.05, 3.63) is 65.9 Å². The maximum absolute atomic E-state index is 12.1. The smallest absolute Gasteiger partial charge is 0.331 e. The van der Waals surface area contributed by atoms with Gasteiger partial charge in [0.1, 0.15) is 5.76 Å². The number of hydrogen-bond donors (Lipinski definition) is 1. The van der Waals surface area contributed by atoms with Gasteiger partial charge in [-0.05, 0) is 35.8 Å². The number of ether oxygens (including phenoxy) is 2. The lowest BCUT2D eigenvalue weighted by Crippen LogP contribution is -2.21. The number of fused-ring (bicyclic) bond motifs is 1. The molecule has 3 aromatic rings. The summed E-state index contributed by atoms with van der Waals surface area (Å²) in [7, 11) is 1.56. The van der Waals surface area contributed by atoms with Crippen molar-refractivity contribution in [3.8, 4) is 5.75 Å². The summed E-state index contributed by atoms with van der Waals surface area (Å²) < 4.78 is 15.9. The lowest BCUT2D eigenvalue weighted by Gasteiger charge is -2.13. The minimum atomic E-state index is -0.635. The second kappa shape index (κ2) is 9.10. The van der Waals surface area contributed by atoms with Crippen LogP contribution in [-0.4, -0.2) is 25.6 Å². The van der Waals surface area contributed by atoms with Crippen molar-refractivity contribution in [1.82, 2.24) is 0 Å². The van der Waals surface area contributed by atoms with E-state index in [-0.39, 0.29) is 12.5 Å². The second-order valence-corrected chi connectivity index (χ2v) is 6.76. The summed E-state index contributed by atoms with van der Waals surface area (Å²) in [5.74, 6) is 0.331. The van der Waals surface area contributed by atoms with E-state index in [0.717, 1.165) is 16.6 Å². The molecule has 0 fully saturated rings. The van der Waals surface area contributed by atoms with Crippen LogP contribution in [0.2, 0.25) is 0 Å². The van der Waals surface area contributed by atoms with Crippen molar-refractivity contribution in [3.63, 3.8) is 0 Å². The number of amides is 1. The van der Waals surface area contributed by atoms with Crippen LogP contribution in [-0.2, 0) is 14.3 Å². The van der Waals surface area contributed by atoms with Gasteiger partial charge in [0.05, 0.1) is 7.11 Å². The molecule has 0 atom stereocenters. The number of para-hydroxylation sites is 2. The number of carbonyl (C=O) groups excluding carboxylic acids is 2. The molecule has 1 aromatic heterocycles. The Morgan fingerprint density at radius 3 is 2.69 bits per heavy atom. The number of nitrogens with one attached hydrogen (secondary N) is 1. The summed E-state index contributed by atoms with van der Waals surface area (Å²) >= 11 is 0. The van der Waals surface area contributed by atoms with Gasteiger partial charge in [-0.25, -0.2) is 4.79 Å². The van der Waals surface area contributed by atoms with Crippen LogP contribution < -0.4 is 10.1 Å². The van der Waals surface area contributed by atoms with Crippen LogP contribution in [0.3, 0.4) is 0 Å². The summed E-state index contributed by atoms with van der Waals surface area (Å²) in [5, 5.41) is 3.64. The number of esters is 1. The summed E-state index contributed by atoms with van der Waals surface area (Å²) in [6.07, 6.45) is 2.72. The van der Waals surface area contributed by atoms with Crippen molar-refractivity contribution in [2.24, 2.45) is 0 Å². The maximum Gasteiger partial charge on any atom is 0.331 e. The van der Waals surface area contributed by atoms with Gasteiger partial charge >= 0.3 is 5.97 Å². The molecule has 1 N–H and O–H groups in total. The fourth-order valence-electron chi connectivity index (χ4n) is 2.93. The van der Waals surface area contributed by atoms with E-state index < -0.39 is 11.9 Å². The zero-order chi connectivity index (χ0) is 20.8. The van der Waals surface area contributed by atoms with Gasteiger partial charge in [-0.2, -0.15) is 0 Å². The zero-order valence-corrected chi connectivity index (χ0v) is 16.6. The van der Waals surface area contributed by atoms with Crippen LogP contribution in [0.4, 0.5) is 5.69 Å². The maximum atomic E-state index is 12.1. The van der Waals surface area contributed by atoms with Gasteiger partial charge < -0.3 is 19.2 Å². The number of hydrogen-bond acceptors (Lipinski definition) is 5. The van der Waals surface area contributed by atoms with Crippen LogP contribution in [0.15, 0.2) is 59.0 Å². The van der Waals surface area contributed by atoms with Gasteiger partial charge in [-0.3, -0.25) is 4.79 Å². The van der Waals surface area contributed by atoms with Crippen LogP contribution in [0, 0.1) is 0 Å². The SMILES string of the molecule is COc1cccc2cc(/C=C/C(=O)OCC(=O)Nc3ccccc3C(C)C)oc12. The molecule has 0 aliphatic carbocycles. The van der Waals surface area contributed by atoms with Crippen molar-refractivity contribution < 1.29 is 23.5 Å². The number of benzene rings is 2. The van der Waals surface area contributed by atoms with E-state index >= 15 is 0 Å². The van der Waals surface area contributed by atoms with Crippen LogP contribution >= 0.6 is 0 Å². The van der Waals surface area contributed by atoms with Gasteiger partial charge in [-0.15, -0.1) is 0 Å². The first kappa shape index (κ1) is 20.2. The van der Waals surface area contributed by atoms with Crippen molar-refractivity contribution in [1.29, 1.82) is 0 Å². The lowest BCUT2D eigenvalue weighted by atomic mass is 10.0. The Morgan fingerprint density at radius 2 is 1.93 bits per heavy atom. The minimum Gasteiger partial charge on any atom is -0.493 e. The molecule has 0 bridgehead atoms. The van der Waals surface area contributed by atoms with E-state index in [2.05, 4.69) is 5.32 Å². The van der Waals surface area contributed by atoms with E-state index in [1.54, 1.807) is 19.2 Å². The molecule has 1 amide bonds. The molecule has 29 heavy (non-hydrogen) atoms. The predicted molar refractivity (Wildman–Crippen MR) is 112 cm³/mol. The molecule has 150 valence electrons. The largest absolute Gasteiger partial charge is 0.493 e. The van der Waals surface area contributed by atoms with Gasteiger partial charge in [0.25, 0.3) is 5.91 Å². The van der Waals surface area contributed by atoms with Crippen LogP contribution in [0.1, 0.15) is 31.1 Å². The Kier molecular flexibility index (Phi) is 6.34. The lowest BCUT2D eigenvalue weighted by molar-refractivity contribution is -0.142. The van der Waals surface area contributed by atoms with Crippen LogP contribution in [0.5, 0.6) is 5.75 Å². The molecule has 3 rings (SSSR count). The molecule has 0 aliphatic heterocycles. The highest BCUT2D eigenvalue weighted by atomic mass is 16.5. The first-order valence-corrected chi connectivity index (χ1v) is 9.28. The van der Waals surface area contributed by atoms with E-state index in [4.69, 9.17) is 13.9 Å². The number of rotatable bonds is 7. The Balaban J connectivity index is 1.57. The molecule has 6 nitrogen and oxygen atoms in total. The predicted octanol–water partition coefficient (Wildman–Crippen LogP) is 4.76. The molecule has 2 aromatic carbocycles. The van der Waals surface area contributed by atoms with E-state index in [1.165, 1.54) is 12.2 Å². The third kappa shape index (κ3) is 5.04. The average Bonchev–Trinajstić information content (AvgIpc) is 3.14. The molecule has 0 saturated heterocycles. The Hall–Kier alpha value is -3.54. The highest BCUT2D eigenvalue weighted by Crippen LogP contribution is 2.29. The van der Waals surface area contributed by atoms with Crippen LogP contribution in [0.25, 0.3) is 17.0 Å². The quantitative estimate of drug-likeness (QED) is 0.463. The summed E-state index contributed by atoms with van der Waals surface area (Å²) in [6, 6.07) is 14.9. The molecule has 0 unspecified atom stereocenters. The van der Waals surface area contributed by atoms with E-state index in [1.807, 2.05) is 50.2 Å². The number of anilines is 1. The molecular formula is C23H23NO5. The summed E-state index contributed by atoms with van der Waals surface area (Å²) in [5.41, 5.74) is 2.34. The third-order valence-electron chi connectivity index (χ3n) is 4.33. The van der Waals surface area contributed by atoms with E-state index in [0.29, 0.717) is 17.1 Å². The van der Waals surface area contributed by atoms with Crippen molar-refractivity contribution >= 4 is 34.6 Å². The summed E-state index contributed by atoms with van der Waals surface area (Å²) in [6.45, 7) is 3.72. The highest BCUT2D eigenvalue weighted by Gasteiger charge is 2.11. The second-order valence-electron chi connectivity index (χ2n) is 6.76. The van der Waals surface area contributed by atoms with Gasteiger partial charge in [-0.1, -0.05) is 44.2 Å². The molecule has 0 aliphatic rings. The van der Waals surface area contributed by atoms with Gasteiger partial charge in [0.15, 0.2) is 17.9 Å². The average molecular weight is 393 g/mol. The van der Waals surface area contributed by atoms with Crippen molar-refractivity contribution in [2.45, 2.75) is 19.8 Å².